The molecule has 2 aliphatic heterocycles. The largest absolute Gasteiger partial charge is 0.443 e. The average Bonchev–Trinajstić information content (AvgIpc) is 2.90. The van der Waals surface area contributed by atoms with Gasteiger partial charge in [0.25, 0.3) is 0 Å². The van der Waals surface area contributed by atoms with Crippen LogP contribution < -0.4 is 5.32 Å². The van der Waals surface area contributed by atoms with Crippen LogP contribution in [0, 0.1) is 5.92 Å². The van der Waals surface area contributed by atoms with E-state index in [9.17, 15) is 9.90 Å². The van der Waals surface area contributed by atoms with Crippen LogP contribution in [0.3, 0.4) is 0 Å². The first-order valence-electron chi connectivity index (χ1n) is 5.55. The number of nitrogens with zero attached hydrogens (tertiary/aromatic N) is 1. The number of β-amino-alcohol motifs (C(OH)–C–C–N with tert-alkyl or cyclic N) is 1. The number of likely N-dealkylation sites (tertiary alicyclic amines) is 1. The van der Waals surface area contributed by atoms with E-state index in [0.29, 0.717) is 12.5 Å². The third-order valence-electron chi connectivity index (χ3n) is 3.54. The third kappa shape index (κ3) is 1.70. The zero-order valence-electron chi connectivity index (χ0n) is 8.61. The molecular formula is C10H16N2O3. The average molecular weight is 212 g/mol. The van der Waals surface area contributed by atoms with E-state index in [1.807, 2.05) is 0 Å². The van der Waals surface area contributed by atoms with Crippen molar-refractivity contribution in [1.29, 1.82) is 0 Å². The summed E-state index contributed by atoms with van der Waals surface area (Å²) in [5.41, 5.74) is -0.434. The lowest BCUT2D eigenvalue weighted by Crippen LogP contribution is -2.64. The Hall–Kier alpha value is -0.810. The molecular weight excluding hydrogens is 196 g/mol. The fraction of sp³-hybridized carbons (Fsp3) is 0.900. The van der Waals surface area contributed by atoms with Gasteiger partial charge in [-0.25, -0.2) is 4.79 Å². The SMILES string of the molecule is O=C1NCC(CN2CC(O)(C3CC3)C2)O1. The van der Waals surface area contributed by atoms with Crippen molar-refractivity contribution in [2.24, 2.45) is 5.92 Å². The maximum atomic E-state index is 10.8. The standard InChI is InChI=1S/C10H16N2O3/c13-9-11-3-8(15-9)4-12-5-10(14,6-12)7-1-2-7/h7-8,14H,1-6H2,(H,11,13). The quantitative estimate of drug-likeness (QED) is 0.665. The molecule has 1 unspecified atom stereocenters. The molecule has 1 aliphatic carbocycles. The molecule has 3 fully saturated rings. The van der Waals surface area contributed by atoms with E-state index in [4.69, 9.17) is 4.74 Å². The van der Waals surface area contributed by atoms with Crippen molar-refractivity contribution in [2.45, 2.75) is 24.5 Å². The molecule has 3 aliphatic rings. The van der Waals surface area contributed by atoms with E-state index >= 15 is 0 Å². The van der Waals surface area contributed by atoms with Gasteiger partial charge in [-0.2, -0.15) is 0 Å². The van der Waals surface area contributed by atoms with Gasteiger partial charge in [0.05, 0.1) is 12.1 Å². The first kappa shape index (κ1) is 9.42. The zero-order chi connectivity index (χ0) is 10.5. The number of carbonyl (C=O) groups is 1. The van der Waals surface area contributed by atoms with Crippen LogP contribution in [-0.4, -0.2) is 54.0 Å². The molecule has 1 atom stereocenters. The fourth-order valence-corrected chi connectivity index (χ4v) is 2.56. The van der Waals surface area contributed by atoms with Gasteiger partial charge in [-0.15, -0.1) is 0 Å². The Morgan fingerprint density at radius 2 is 2.27 bits per heavy atom. The second-order valence-corrected chi connectivity index (χ2v) is 4.96. The highest BCUT2D eigenvalue weighted by atomic mass is 16.6. The number of ether oxygens (including phenoxy) is 1. The molecule has 2 saturated heterocycles. The lowest BCUT2D eigenvalue weighted by Gasteiger charge is -2.47. The highest BCUT2D eigenvalue weighted by Crippen LogP contribution is 2.44. The minimum absolute atomic E-state index is 0.0405. The Kier molecular flexibility index (Phi) is 1.94. The van der Waals surface area contributed by atoms with Gasteiger partial charge in [0.15, 0.2) is 0 Å². The molecule has 5 nitrogen and oxygen atoms in total. The van der Waals surface area contributed by atoms with Crippen LogP contribution >= 0.6 is 0 Å². The van der Waals surface area contributed by atoms with Crippen LogP contribution in [-0.2, 0) is 4.74 Å². The predicted molar refractivity (Wildman–Crippen MR) is 52.4 cm³/mol. The summed E-state index contributed by atoms with van der Waals surface area (Å²) in [6.45, 7) is 2.82. The second kappa shape index (κ2) is 3.09. The summed E-state index contributed by atoms with van der Waals surface area (Å²) >= 11 is 0. The van der Waals surface area contributed by atoms with Crippen LogP contribution in [0.25, 0.3) is 0 Å². The van der Waals surface area contributed by atoms with Crippen LogP contribution in [0.1, 0.15) is 12.8 Å². The molecule has 3 rings (SSSR count). The van der Waals surface area contributed by atoms with Gasteiger partial charge >= 0.3 is 6.09 Å². The predicted octanol–water partition coefficient (Wildman–Crippen LogP) is -0.449. The number of cyclic esters (lactones) is 1. The van der Waals surface area contributed by atoms with Crippen molar-refractivity contribution in [3.8, 4) is 0 Å². The number of alkyl carbamates (subject to hydrolysis) is 1. The van der Waals surface area contributed by atoms with E-state index in [0.717, 1.165) is 19.6 Å². The highest BCUT2D eigenvalue weighted by Gasteiger charge is 2.52. The van der Waals surface area contributed by atoms with E-state index in [1.54, 1.807) is 0 Å². The number of hydrogen-bond acceptors (Lipinski definition) is 4. The van der Waals surface area contributed by atoms with E-state index in [1.165, 1.54) is 12.8 Å². The Morgan fingerprint density at radius 1 is 1.53 bits per heavy atom. The number of aliphatic hydroxyl groups is 1. The maximum absolute atomic E-state index is 10.8. The lowest BCUT2D eigenvalue weighted by molar-refractivity contribution is -0.120. The van der Waals surface area contributed by atoms with Crippen molar-refractivity contribution in [1.82, 2.24) is 10.2 Å². The summed E-state index contributed by atoms with van der Waals surface area (Å²) in [5, 5.41) is 12.7. The minimum atomic E-state index is -0.434. The van der Waals surface area contributed by atoms with Gasteiger partial charge in [-0.3, -0.25) is 4.90 Å². The summed E-state index contributed by atoms with van der Waals surface area (Å²) in [5.74, 6) is 0.526. The number of nitrogens with one attached hydrogen (secondary N) is 1. The number of carbonyl (C=O) groups excluding carboxylic acids is 1. The molecule has 1 saturated carbocycles. The second-order valence-electron chi connectivity index (χ2n) is 4.96. The normalized spacial score (nSPS) is 34.5. The van der Waals surface area contributed by atoms with Crippen molar-refractivity contribution >= 4 is 6.09 Å². The lowest BCUT2D eigenvalue weighted by atomic mass is 9.88. The van der Waals surface area contributed by atoms with Crippen molar-refractivity contribution < 1.29 is 14.6 Å². The maximum Gasteiger partial charge on any atom is 0.407 e. The molecule has 0 aromatic rings. The van der Waals surface area contributed by atoms with Crippen LogP contribution in [0.5, 0.6) is 0 Å². The Labute approximate surface area is 88.4 Å². The molecule has 0 radical (unpaired) electrons. The van der Waals surface area contributed by atoms with Crippen molar-refractivity contribution in [2.75, 3.05) is 26.2 Å². The van der Waals surface area contributed by atoms with E-state index in [2.05, 4.69) is 10.2 Å². The van der Waals surface area contributed by atoms with Crippen LogP contribution in [0.4, 0.5) is 4.79 Å². The van der Waals surface area contributed by atoms with Gasteiger partial charge < -0.3 is 15.2 Å². The van der Waals surface area contributed by atoms with E-state index in [-0.39, 0.29) is 12.2 Å². The smallest absolute Gasteiger partial charge is 0.407 e. The summed E-state index contributed by atoms with van der Waals surface area (Å²) in [4.78, 5) is 12.9. The van der Waals surface area contributed by atoms with Crippen LogP contribution in [0.15, 0.2) is 0 Å². The molecule has 15 heavy (non-hydrogen) atoms. The van der Waals surface area contributed by atoms with E-state index < -0.39 is 5.60 Å². The summed E-state index contributed by atoms with van der Waals surface area (Å²) in [7, 11) is 0. The number of rotatable bonds is 3. The molecule has 5 heteroatoms. The minimum Gasteiger partial charge on any atom is -0.443 e. The molecule has 0 aromatic carbocycles. The van der Waals surface area contributed by atoms with Crippen molar-refractivity contribution in [3.05, 3.63) is 0 Å². The summed E-state index contributed by atoms with van der Waals surface area (Å²) < 4.78 is 5.04. The molecule has 84 valence electrons. The van der Waals surface area contributed by atoms with Gasteiger partial charge in [-0.05, 0) is 18.8 Å². The highest BCUT2D eigenvalue weighted by molar-refractivity contribution is 5.69. The van der Waals surface area contributed by atoms with Crippen LogP contribution in [0.2, 0.25) is 0 Å². The first-order valence-corrected chi connectivity index (χ1v) is 5.55. The molecule has 1 amide bonds. The topological polar surface area (TPSA) is 61.8 Å². The third-order valence-corrected chi connectivity index (χ3v) is 3.54. The van der Waals surface area contributed by atoms with Gasteiger partial charge in [0.2, 0.25) is 0 Å². The zero-order valence-corrected chi connectivity index (χ0v) is 8.61. The van der Waals surface area contributed by atoms with Gasteiger partial charge in [0, 0.05) is 19.6 Å². The monoisotopic (exact) mass is 212 g/mol. The van der Waals surface area contributed by atoms with Gasteiger partial charge in [0.1, 0.15) is 6.10 Å². The number of amides is 1. The Morgan fingerprint density at radius 3 is 2.80 bits per heavy atom. The fourth-order valence-electron chi connectivity index (χ4n) is 2.56. The molecule has 0 bridgehead atoms. The molecule has 0 spiro atoms. The van der Waals surface area contributed by atoms with Crippen molar-refractivity contribution in [3.63, 3.8) is 0 Å². The summed E-state index contributed by atoms with van der Waals surface area (Å²) in [6.07, 6.45) is 1.98. The summed E-state index contributed by atoms with van der Waals surface area (Å²) in [6, 6.07) is 0. The first-order chi connectivity index (χ1) is 7.16. The molecule has 2 N–H and O–H groups in total. The number of hydrogen-bond donors (Lipinski definition) is 2. The molecule has 2 heterocycles. The Bertz CT molecular complexity index is 284. The van der Waals surface area contributed by atoms with Gasteiger partial charge in [-0.1, -0.05) is 0 Å². The Balaban J connectivity index is 1.45. The molecule has 0 aromatic heterocycles.